The van der Waals surface area contributed by atoms with E-state index >= 15 is 0 Å². The molecule has 0 radical (unpaired) electrons. The second-order valence-corrected chi connectivity index (χ2v) is 4.39. The molecule has 0 spiro atoms. The Labute approximate surface area is 118 Å². The molecular weight excluding hydrogens is 256 g/mol. The summed E-state index contributed by atoms with van der Waals surface area (Å²) in [5, 5.41) is 11.6. The Morgan fingerprint density at radius 3 is 2.65 bits per heavy atom. The van der Waals surface area contributed by atoms with Crippen LogP contribution in [-0.2, 0) is 0 Å². The van der Waals surface area contributed by atoms with Gasteiger partial charge in [0.05, 0.1) is 18.9 Å². The molecule has 1 aromatic heterocycles. The molecule has 0 amide bonds. The summed E-state index contributed by atoms with van der Waals surface area (Å²) in [7, 11) is 0. The van der Waals surface area contributed by atoms with Crippen LogP contribution in [0.3, 0.4) is 0 Å². The van der Waals surface area contributed by atoms with E-state index < -0.39 is 0 Å². The SMILES string of the molecule is CCOc1cc(/C=N\n2cnnc2)ccc1OC(C)C. The third-order valence-electron chi connectivity index (χ3n) is 2.38. The van der Waals surface area contributed by atoms with E-state index in [0.717, 1.165) is 11.3 Å². The molecule has 1 heterocycles. The third kappa shape index (κ3) is 3.81. The van der Waals surface area contributed by atoms with Crippen LogP contribution in [0.15, 0.2) is 36.0 Å². The minimum absolute atomic E-state index is 0.103. The molecular formula is C14H18N4O2. The molecule has 6 nitrogen and oxygen atoms in total. The van der Waals surface area contributed by atoms with Crippen molar-refractivity contribution in [2.75, 3.05) is 6.61 Å². The first-order valence-electron chi connectivity index (χ1n) is 6.51. The Balaban J connectivity index is 2.20. The van der Waals surface area contributed by atoms with Crippen LogP contribution < -0.4 is 9.47 Å². The van der Waals surface area contributed by atoms with Gasteiger partial charge in [-0.15, -0.1) is 10.2 Å². The fraction of sp³-hybridized carbons (Fsp3) is 0.357. The van der Waals surface area contributed by atoms with Crippen molar-refractivity contribution in [3.8, 4) is 11.5 Å². The normalized spacial score (nSPS) is 11.2. The van der Waals surface area contributed by atoms with E-state index in [4.69, 9.17) is 9.47 Å². The van der Waals surface area contributed by atoms with Gasteiger partial charge in [0.15, 0.2) is 11.5 Å². The predicted octanol–water partition coefficient (Wildman–Crippen LogP) is 2.35. The quantitative estimate of drug-likeness (QED) is 0.759. The van der Waals surface area contributed by atoms with Crippen molar-refractivity contribution in [2.24, 2.45) is 5.10 Å². The smallest absolute Gasteiger partial charge is 0.161 e. The third-order valence-corrected chi connectivity index (χ3v) is 2.38. The molecule has 0 aliphatic heterocycles. The monoisotopic (exact) mass is 274 g/mol. The van der Waals surface area contributed by atoms with E-state index in [-0.39, 0.29) is 6.10 Å². The lowest BCUT2D eigenvalue weighted by atomic mass is 10.2. The summed E-state index contributed by atoms with van der Waals surface area (Å²) < 4.78 is 12.8. The van der Waals surface area contributed by atoms with Crippen LogP contribution in [0.1, 0.15) is 26.3 Å². The van der Waals surface area contributed by atoms with Gasteiger partial charge in [-0.3, -0.25) is 0 Å². The van der Waals surface area contributed by atoms with Gasteiger partial charge in [0.25, 0.3) is 0 Å². The highest BCUT2D eigenvalue weighted by Gasteiger charge is 2.07. The molecule has 0 saturated heterocycles. The zero-order chi connectivity index (χ0) is 14.4. The van der Waals surface area contributed by atoms with Crippen molar-refractivity contribution < 1.29 is 9.47 Å². The maximum atomic E-state index is 5.71. The van der Waals surface area contributed by atoms with Crippen LogP contribution in [0.2, 0.25) is 0 Å². The van der Waals surface area contributed by atoms with Gasteiger partial charge in [0.1, 0.15) is 12.7 Å². The molecule has 0 N–H and O–H groups in total. The molecule has 20 heavy (non-hydrogen) atoms. The summed E-state index contributed by atoms with van der Waals surface area (Å²) in [4.78, 5) is 0. The topological polar surface area (TPSA) is 61.5 Å². The highest BCUT2D eigenvalue weighted by molar-refractivity contribution is 5.80. The van der Waals surface area contributed by atoms with Gasteiger partial charge < -0.3 is 9.47 Å². The Hall–Kier alpha value is -2.37. The fourth-order valence-corrected chi connectivity index (χ4v) is 1.61. The number of rotatable bonds is 6. The highest BCUT2D eigenvalue weighted by Crippen LogP contribution is 2.28. The van der Waals surface area contributed by atoms with Crippen molar-refractivity contribution in [1.82, 2.24) is 14.9 Å². The maximum Gasteiger partial charge on any atom is 0.161 e. The van der Waals surface area contributed by atoms with E-state index in [1.54, 1.807) is 6.21 Å². The number of nitrogens with zero attached hydrogens (tertiary/aromatic N) is 4. The number of hydrogen-bond acceptors (Lipinski definition) is 5. The highest BCUT2D eigenvalue weighted by atomic mass is 16.5. The van der Waals surface area contributed by atoms with E-state index in [1.165, 1.54) is 17.3 Å². The lowest BCUT2D eigenvalue weighted by Gasteiger charge is -2.14. The molecule has 0 fully saturated rings. The van der Waals surface area contributed by atoms with Crippen LogP contribution in [0.25, 0.3) is 0 Å². The summed E-state index contributed by atoms with van der Waals surface area (Å²) >= 11 is 0. The molecule has 1 aromatic carbocycles. The Morgan fingerprint density at radius 1 is 1.25 bits per heavy atom. The summed E-state index contributed by atoms with van der Waals surface area (Å²) in [5.74, 6) is 1.46. The Kier molecular flexibility index (Phi) is 4.70. The van der Waals surface area contributed by atoms with E-state index in [2.05, 4.69) is 15.3 Å². The van der Waals surface area contributed by atoms with Crippen LogP contribution in [-0.4, -0.2) is 33.8 Å². The van der Waals surface area contributed by atoms with Crippen LogP contribution in [0, 0.1) is 0 Å². The molecule has 0 bridgehead atoms. The summed E-state index contributed by atoms with van der Waals surface area (Å²) in [6.07, 6.45) is 4.86. The van der Waals surface area contributed by atoms with E-state index in [9.17, 15) is 0 Å². The van der Waals surface area contributed by atoms with Crippen LogP contribution in [0.5, 0.6) is 11.5 Å². The van der Waals surface area contributed by atoms with Crippen molar-refractivity contribution in [3.63, 3.8) is 0 Å². The minimum atomic E-state index is 0.103. The average molecular weight is 274 g/mol. The zero-order valence-corrected chi connectivity index (χ0v) is 11.9. The first-order chi connectivity index (χ1) is 9.69. The van der Waals surface area contributed by atoms with Crippen molar-refractivity contribution in [1.29, 1.82) is 0 Å². The van der Waals surface area contributed by atoms with Crippen LogP contribution >= 0.6 is 0 Å². The van der Waals surface area contributed by atoms with Gasteiger partial charge in [-0.25, -0.2) is 4.68 Å². The van der Waals surface area contributed by atoms with Gasteiger partial charge in [0, 0.05) is 0 Å². The maximum absolute atomic E-state index is 5.71. The van der Waals surface area contributed by atoms with E-state index in [0.29, 0.717) is 12.4 Å². The van der Waals surface area contributed by atoms with E-state index in [1.807, 2.05) is 39.0 Å². The number of benzene rings is 1. The van der Waals surface area contributed by atoms with Gasteiger partial charge in [-0.2, -0.15) is 5.10 Å². The Morgan fingerprint density at radius 2 is 2.00 bits per heavy atom. The standard InChI is InChI=1S/C14H18N4O2/c1-4-19-14-7-12(5-6-13(14)20-11(2)3)8-17-18-9-15-16-10-18/h5-11H,4H2,1-3H3/b17-8-. The molecule has 6 heteroatoms. The number of hydrogen-bond donors (Lipinski definition) is 0. The summed E-state index contributed by atoms with van der Waals surface area (Å²) in [6, 6.07) is 5.71. The summed E-state index contributed by atoms with van der Waals surface area (Å²) in [5.41, 5.74) is 0.915. The molecule has 106 valence electrons. The first kappa shape index (κ1) is 14.0. The van der Waals surface area contributed by atoms with Gasteiger partial charge in [-0.1, -0.05) is 0 Å². The summed E-state index contributed by atoms with van der Waals surface area (Å²) in [6.45, 7) is 6.49. The van der Waals surface area contributed by atoms with Gasteiger partial charge in [0.2, 0.25) is 0 Å². The minimum Gasteiger partial charge on any atom is -0.490 e. The predicted molar refractivity (Wildman–Crippen MR) is 76.4 cm³/mol. The second kappa shape index (κ2) is 6.70. The molecule has 0 unspecified atom stereocenters. The first-order valence-corrected chi connectivity index (χ1v) is 6.51. The lowest BCUT2D eigenvalue weighted by Crippen LogP contribution is -2.07. The van der Waals surface area contributed by atoms with Crippen molar-refractivity contribution >= 4 is 6.21 Å². The lowest BCUT2D eigenvalue weighted by molar-refractivity contribution is 0.224. The molecule has 2 rings (SSSR count). The fourth-order valence-electron chi connectivity index (χ4n) is 1.61. The van der Waals surface area contributed by atoms with Gasteiger partial charge >= 0.3 is 0 Å². The van der Waals surface area contributed by atoms with Crippen molar-refractivity contribution in [3.05, 3.63) is 36.4 Å². The molecule has 0 atom stereocenters. The average Bonchev–Trinajstić information content (AvgIpc) is 2.92. The largest absolute Gasteiger partial charge is 0.490 e. The van der Waals surface area contributed by atoms with Crippen molar-refractivity contribution in [2.45, 2.75) is 26.9 Å². The second-order valence-electron chi connectivity index (χ2n) is 4.39. The number of ether oxygens (including phenoxy) is 2. The van der Waals surface area contributed by atoms with Gasteiger partial charge in [-0.05, 0) is 44.5 Å². The Bertz CT molecular complexity index is 565. The molecule has 0 aliphatic rings. The molecule has 0 aliphatic carbocycles. The zero-order valence-electron chi connectivity index (χ0n) is 11.9. The number of aromatic nitrogens is 3. The van der Waals surface area contributed by atoms with Crippen LogP contribution in [0.4, 0.5) is 0 Å². The molecule has 2 aromatic rings. The molecule has 0 saturated carbocycles.